The Bertz CT molecular complexity index is 1160. The van der Waals surface area contributed by atoms with E-state index in [1.54, 1.807) is 33.6 Å². The fourth-order valence-electron chi connectivity index (χ4n) is 2.91. The molecule has 2 heterocycles. The van der Waals surface area contributed by atoms with Gasteiger partial charge in [-0.3, -0.25) is 4.98 Å². The van der Waals surface area contributed by atoms with Crippen LogP contribution in [0.15, 0.2) is 47.1 Å². The lowest BCUT2D eigenvalue weighted by Crippen LogP contribution is -2.49. The van der Waals surface area contributed by atoms with Crippen molar-refractivity contribution in [3.8, 4) is 0 Å². The monoisotopic (exact) mass is 380 g/mol. The molecule has 0 bridgehead atoms. The molecule has 2 aromatic heterocycles. The van der Waals surface area contributed by atoms with Crippen molar-refractivity contribution in [1.82, 2.24) is 4.98 Å². The molecular weight excluding hydrogens is 361 g/mol. The largest absolute Gasteiger partial charge is 0.454 e. The number of benzene rings is 2. The van der Waals surface area contributed by atoms with Gasteiger partial charge in [-0.25, -0.2) is 0 Å². The van der Waals surface area contributed by atoms with E-state index in [0.717, 1.165) is 32.6 Å². The lowest BCUT2D eigenvalue weighted by atomic mass is 9.80. The van der Waals surface area contributed by atoms with Gasteiger partial charge in [0.05, 0.1) is 16.2 Å². The van der Waals surface area contributed by atoms with Gasteiger partial charge >= 0.3 is 7.48 Å². The van der Waals surface area contributed by atoms with Crippen LogP contribution in [-0.4, -0.2) is 28.8 Å². The molecule has 0 aliphatic carbocycles. The normalized spacial score (nSPS) is 13.0. The Morgan fingerprint density at radius 2 is 1.89 bits per heavy atom. The van der Waals surface area contributed by atoms with E-state index in [2.05, 4.69) is 11.1 Å². The molecule has 0 saturated carbocycles. The Labute approximate surface area is 163 Å². The minimum absolute atomic E-state index is 0.544. The van der Waals surface area contributed by atoms with E-state index in [-0.39, 0.29) is 0 Å². The number of aliphatic hydroxyl groups is 1. The van der Waals surface area contributed by atoms with Gasteiger partial charge in [-0.1, -0.05) is 17.7 Å². The molecular formula is C21H20BClNO3. The van der Waals surface area contributed by atoms with Gasteiger partial charge in [0, 0.05) is 28.6 Å². The third-order valence-corrected chi connectivity index (χ3v) is 5.61. The Morgan fingerprint density at radius 3 is 2.63 bits per heavy atom. The van der Waals surface area contributed by atoms with Gasteiger partial charge in [-0.15, -0.1) is 0 Å². The first-order valence-electron chi connectivity index (χ1n) is 8.79. The minimum Gasteiger partial charge on any atom is -0.454 e. The molecule has 0 aliphatic rings. The highest BCUT2D eigenvalue weighted by Crippen LogP contribution is 2.34. The van der Waals surface area contributed by atoms with Crippen molar-refractivity contribution in [2.45, 2.75) is 38.9 Å². The highest BCUT2D eigenvalue weighted by atomic mass is 35.5. The lowest BCUT2D eigenvalue weighted by Gasteiger charge is -2.37. The third-order valence-electron chi connectivity index (χ3n) is 5.32. The van der Waals surface area contributed by atoms with Crippen molar-refractivity contribution in [3.05, 3.63) is 47.7 Å². The molecule has 4 aromatic rings. The Kier molecular flexibility index (Phi) is 4.22. The third kappa shape index (κ3) is 3.10. The second-order valence-corrected chi connectivity index (χ2v) is 8.23. The van der Waals surface area contributed by atoms with E-state index in [4.69, 9.17) is 20.7 Å². The van der Waals surface area contributed by atoms with Crippen LogP contribution in [0.25, 0.3) is 32.7 Å². The second-order valence-electron chi connectivity index (χ2n) is 7.82. The van der Waals surface area contributed by atoms with Crippen LogP contribution >= 0.6 is 11.6 Å². The van der Waals surface area contributed by atoms with Gasteiger partial charge in [0.2, 0.25) is 0 Å². The van der Waals surface area contributed by atoms with E-state index in [9.17, 15) is 5.11 Å². The number of hydrogen-bond acceptors (Lipinski definition) is 4. The van der Waals surface area contributed by atoms with Gasteiger partial charge < -0.3 is 14.2 Å². The summed E-state index contributed by atoms with van der Waals surface area (Å²) in [4.78, 5) is 4.17. The van der Waals surface area contributed by atoms with Gasteiger partial charge in [-0.05, 0) is 62.8 Å². The van der Waals surface area contributed by atoms with Crippen LogP contribution < -0.4 is 5.46 Å². The smallest absolute Gasteiger partial charge is 0.331 e. The number of halogens is 1. The molecule has 0 atom stereocenters. The molecule has 27 heavy (non-hydrogen) atoms. The highest BCUT2D eigenvalue weighted by molar-refractivity contribution is 6.54. The maximum absolute atomic E-state index is 10.3. The summed E-state index contributed by atoms with van der Waals surface area (Å²) in [5.74, 6) is 0. The zero-order chi connectivity index (χ0) is 19.4. The standard InChI is InChI=1S/C21H20BClNO3/c1-20(2,25)21(3,4)27-22-15-5-6-16(23)19-18(15)14-9-12-7-8-24-11-13(12)10-17(14)26-19/h5-11,25H,1-4H3. The molecule has 0 unspecified atom stereocenters. The molecule has 137 valence electrons. The number of fused-ring (bicyclic) bond motifs is 4. The fourth-order valence-corrected chi connectivity index (χ4v) is 3.10. The van der Waals surface area contributed by atoms with Crippen molar-refractivity contribution in [2.24, 2.45) is 0 Å². The SMILES string of the molecule is CC(C)(O)C(C)(C)O[B]c1ccc(Cl)c2oc3cc4cnccc4cc3c12. The summed E-state index contributed by atoms with van der Waals surface area (Å²) in [6, 6.07) is 9.71. The first-order chi connectivity index (χ1) is 12.7. The fraction of sp³-hybridized carbons (Fsp3) is 0.286. The van der Waals surface area contributed by atoms with Gasteiger partial charge in [0.1, 0.15) is 5.58 Å². The van der Waals surface area contributed by atoms with E-state index in [1.165, 1.54) is 0 Å². The second kappa shape index (κ2) is 6.23. The maximum atomic E-state index is 10.3. The predicted molar refractivity (Wildman–Crippen MR) is 111 cm³/mol. The van der Waals surface area contributed by atoms with E-state index >= 15 is 0 Å². The zero-order valence-electron chi connectivity index (χ0n) is 15.7. The van der Waals surface area contributed by atoms with Gasteiger partial charge in [0.25, 0.3) is 0 Å². The summed E-state index contributed by atoms with van der Waals surface area (Å²) in [5.41, 5.74) is 0.440. The van der Waals surface area contributed by atoms with E-state index in [0.29, 0.717) is 10.6 Å². The Morgan fingerprint density at radius 1 is 1.11 bits per heavy atom. The molecule has 1 N–H and O–H groups in total. The van der Waals surface area contributed by atoms with Crippen molar-refractivity contribution in [1.29, 1.82) is 0 Å². The van der Waals surface area contributed by atoms with Crippen LogP contribution in [0.4, 0.5) is 0 Å². The number of aromatic nitrogens is 1. The number of nitrogens with zero attached hydrogens (tertiary/aromatic N) is 1. The topological polar surface area (TPSA) is 55.5 Å². The molecule has 1 radical (unpaired) electrons. The quantitative estimate of drug-likeness (QED) is 0.526. The van der Waals surface area contributed by atoms with E-state index in [1.807, 2.05) is 38.2 Å². The average molecular weight is 381 g/mol. The van der Waals surface area contributed by atoms with Crippen LogP contribution in [0.3, 0.4) is 0 Å². The Balaban J connectivity index is 1.88. The molecule has 0 amide bonds. The zero-order valence-corrected chi connectivity index (χ0v) is 16.5. The molecule has 2 aromatic carbocycles. The number of hydrogen-bond donors (Lipinski definition) is 1. The van der Waals surface area contributed by atoms with Crippen LogP contribution in [0.5, 0.6) is 0 Å². The number of pyridine rings is 1. The molecule has 0 saturated heterocycles. The molecule has 4 rings (SSSR count). The first-order valence-corrected chi connectivity index (χ1v) is 9.17. The van der Waals surface area contributed by atoms with Crippen LogP contribution in [0.2, 0.25) is 5.02 Å². The van der Waals surface area contributed by atoms with Crippen molar-refractivity contribution < 1.29 is 14.2 Å². The maximum Gasteiger partial charge on any atom is 0.331 e. The van der Waals surface area contributed by atoms with Gasteiger partial charge in [0.15, 0.2) is 5.58 Å². The Hall–Kier alpha value is -2.08. The summed E-state index contributed by atoms with van der Waals surface area (Å²) >= 11 is 6.39. The van der Waals surface area contributed by atoms with Crippen molar-refractivity contribution in [3.63, 3.8) is 0 Å². The van der Waals surface area contributed by atoms with E-state index < -0.39 is 11.2 Å². The molecule has 6 heteroatoms. The van der Waals surface area contributed by atoms with Gasteiger partial charge in [-0.2, -0.15) is 0 Å². The number of rotatable bonds is 4. The predicted octanol–water partition coefficient (Wildman–Crippen LogP) is 4.60. The summed E-state index contributed by atoms with van der Waals surface area (Å²) in [6.07, 6.45) is 3.58. The summed E-state index contributed by atoms with van der Waals surface area (Å²) in [5, 5.41) is 14.8. The van der Waals surface area contributed by atoms with Crippen LogP contribution in [-0.2, 0) is 4.65 Å². The average Bonchev–Trinajstić information content (AvgIpc) is 2.98. The molecule has 0 aliphatic heterocycles. The molecule has 0 spiro atoms. The van der Waals surface area contributed by atoms with Crippen molar-refractivity contribution in [2.75, 3.05) is 0 Å². The minimum atomic E-state index is -1.00. The molecule has 4 nitrogen and oxygen atoms in total. The summed E-state index contributed by atoms with van der Waals surface area (Å²) < 4.78 is 12.0. The highest BCUT2D eigenvalue weighted by Gasteiger charge is 2.36. The molecule has 0 fully saturated rings. The summed E-state index contributed by atoms with van der Waals surface area (Å²) in [7, 11) is 1.67. The lowest BCUT2D eigenvalue weighted by molar-refractivity contribution is -0.0893. The first kappa shape index (κ1) is 18.3. The summed E-state index contributed by atoms with van der Waals surface area (Å²) in [6.45, 7) is 7.16. The van der Waals surface area contributed by atoms with Crippen LogP contribution in [0.1, 0.15) is 27.7 Å². The van der Waals surface area contributed by atoms with Crippen LogP contribution in [0, 0.1) is 0 Å². The number of furan rings is 1. The van der Waals surface area contributed by atoms with Crippen molar-refractivity contribution >= 4 is 57.3 Å².